The van der Waals surface area contributed by atoms with Gasteiger partial charge in [0, 0.05) is 17.5 Å². The van der Waals surface area contributed by atoms with Crippen LogP contribution in [-0.2, 0) is 19.4 Å². The van der Waals surface area contributed by atoms with Gasteiger partial charge in [0.1, 0.15) is 23.1 Å². The molecule has 0 radical (unpaired) electrons. The van der Waals surface area contributed by atoms with Crippen molar-refractivity contribution in [3.05, 3.63) is 58.9 Å². The number of rotatable bonds is 3. The summed E-state index contributed by atoms with van der Waals surface area (Å²) in [5, 5.41) is 0. The molecule has 3 rings (SSSR count). The topological polar surface area (TPSA) is 73.3 Å². The number of benzene rings is 1. The molecule has 130 valence electrons. The van der Waals surface area contributed by atoms with Crippen molar-refractivity contribution in [2.45, 2.75) is 11.8 Å². The lowest BCUT2D eigenvalue weighted by Gasteiger charge is -2.08. The SMILES string of the molecule is Cc1cccc(C2=C(c3cc(F)c(S(C)(=O)=O)c(F)c3)COC2=O)n1. The van der Waals surface area contributed by atoms with E-state index in [4.69, 9.17) is 4.74 Å². The molecule has 1 aliphatic rings. The molecule has 0 spiro atoms. The Morgan fingerprint density at radius 2 is 1.80 bits per heavy atom. The minimum atomic E-state index is -4.06. The molecule has 5 nitrogen and oxygen atoms in total. The Bertz CT molecular complexity index is 1010. The van der Waals surface area contributed by atoms with Gasteiger partial charge in [0.2, 0.25) is 0 Å². The highest BCUT2D eigenvalue weighted by Crippen LogP contribution is 2.34. The van der Waals surface area contributed by atoms with Crippen LogP contribution in [0.5, 0.6) is 0 Å². The van der Waals surface area contributed by atoms with Gasteiger partial charge in [0.25, 0.3) is 0 Å². The van der Waals surface area contributed by atoms with Crippen LogP contribution in [0.4, 0.5) is 8.78 Å². The molecule has 0 N–H and O–H groups in total. The molecule has 0 bridgehead atoms. The van der Waals surface area contributed by atoms with Gasteiger partial charge in [-0.05, 0) is 36.8 Å². The van der Waals surface area contributed by atoms with Crippen molar-refractivity contribution >= 4 is 27.0 Å². The predicted octanol–water partition coefficient (Wildman–Crippen LogP) is 2.54. The maximum absolute atomic E-state index is 14.2. The van der Waals surface area contributed by atoms with Gasteiger partial charge in [-0.1, -0.05) is 6.07 Å². The Hall–Kier alpha value is -2.61. The van der Waals surface area contributed by atoms with Gasteiger partial charge in [-0.3, -0.25) is 4.98 Å². The fraction of sp³-hybridized carbons (Fsp3) is 0.176. The number of halogens is 2. The highest BCUT2D eigenvalue weighted by molar-refractivity contribution is 7.90. The van der Waals surface area contributed by atoms with Crippen molar-refractivity contribution in [2.75, 3.05) is 12.9 Å². The summed E-state index contributed by atoms with van der Waals surface area (Å²) in [5.41, 5.74) is 1.38. The van der Waals surface area contributed by atoms with Crippen LogP contribution in [0.15, 0.2) is 35.2 Å². The molecule has 0 saturated heterocycles. The summed E-state index contributed by atoms with van der Waals surface area (Å²) >= 11 is 0. The Balaban J connectivity index is 2.22. The quantitative estimate of drug-likeness (QED) is 0.782. The minimum absolute atomic E-state index is 0.0338. The van der Waals surface area contributed by atoms with Gasteiger partial charge in [-0.15, -0.1) is 0 Å². The number of cyclic esters (lactones) is 1. The second-order valence-electron chi connectivity index (χ2n) is 5.64. The molecule has 0 saturated carbocycles. The van der Waals surface area contributed by atoms with Crippen LogP contribution in [0, 0.1) is 18.6 Å². The number of esters is 1. The molecule has 1 aromatic heterocycles. The van der Waals surface area contributed by atoms with Gasteiger partial charge < -0.3 is 4.74 Å². The first kappa shape index (κ1) is 17.2. The molecule has 0 aliphatic carbocycles. The molecule has 0 fully saturated rings. The zero-order chi connectivity index (χ0) is 18.4. The maximum atomic E-state index is 14.2. The first-order valence-corrected chi connectivity index (χ1v) is 9.11. The molecule has 25 heavy (non-hydrogen) atoms. The second-order valence-corrected chi connectivity index (χ2v) is 7.59. The fourth-order valence-corrected chi connectivity index (χ4v) is 3.49. The van der Waals surface area contributed by atoms with Gasteiger partial charge in [0.05, 0.1) is 11.3 Å². The van der Waals surface area contributed by atoms with Crippen molar-refractivity contribution < 1.29 is 26.7 Å². The largest absolute Gasteiger partial charge is 0.457 e. The standard InChI is InChI=1S/C17H13F2NO4S/c1-9-4-3-5-14(20-9)15-11(8-24-17(15)21)10-6-12(18)16(13(19)7-10)25(2,22)23/h3-7H,8H2,1-2H3. The number of hydrogen-bond donors (Lipinski definition) is 0. The molecule has 0 amide bonds. The zero-order valence-electron chi connectivity index (χ0n) is 13.3. The molecule has 0 atom stereocenters. The molecular formula is C17H13F2NO4S. The summed E-state index contributed by atoms with van der Waals surface area (Å²) < 4.78 is 56.3. The van der Waals surface area contributed by atoms with Crippen molar-refractivity contribution in [1.82, 2.24) is 4.98 Å². The highest BCUT2D eigenvalue weighted by atomic mass is 32.2. The van der Waals surface area contributed by atoms with Crippen molar-refractivity contribution in [3.63, 3.8) is 0 Å². The van der Waals surface area contributed by atoms with Gasteiger partial charge in [-0.25, -0.2) is 22.0 Å². The number of nitrogens with zero attached hydrogens (tertiary/aromatic N) is 1. The van der Waals surface area contributed by atoms with Crippen LogP contribution >= 0.6 is 0 Å². The summed E-state index contributed by atoms with van der Waals surface area (Å²) in [7, 11) is -4.06. The molecule has 1 aromatic carbocycles. The number of ether oxygens (including phenoxy) is 1. The van der Waals surface area contributed by atoms with Gasteiger partial charge >= 0.3 is 5.97 Å². The van der Waals surface area contributed by atoms with E-state index in [1.165, 1.54) is 0 Å². The van der Waals surface area contributed by atoms with E-state index in [1.807, 2.05) is 0 Å². The third-order valence-electron chi connectivity index (χ3n) is 3.72. The second kappa shape index (κ2) is 6.03. The molecule has 2 heterocycles. The Labute approximate surface area is 142 Å². The molecule has 0 unspecified atom stereocenters. The Morgan fingerprint density at radius 1 is 1.16 bits per heavy atom. The average Bonchev–Trinajstić information content (AvgIpc) is 2.86. The lowest BCUT2D eigenvalue weighted by atomic mass is 9.99. The van der Waals surface area contributed by atoms with Crippen molar-refractivity contribution in [3.8, 4) is 0 Å². The summed E-state index contributed by atoms with van der Waals surface area (Å²) in [4.78, 5) is 15.3. The summed E-state index contributed by atoms with van der Waals surface area (Å²) in [6.07, 6.45) is 0.720. The van der Waals surface area contributed by atoms with E-state index in [9.17, 15) is 22.0 Å². The minimum Gasteiger partial charge on any atom is -0.457 e. The normalized spacial score (nSPS) is 14.8. The van der Waals surface area contributed by atoms with Crippen LogP contribution in [-0.4, -0.2) is 32.2 Å². The number of pyridine rings is 1. The van der Waals surface area contributed by atoms with E-state index in [0.29, 0.717) is 11.4 Å². The third kappa shape index (κ3) is 3.17. The Kier molecular flexibility index (Phi) is 4.16. The molecule has 8 heteroatoms. The van der Waals surface area contributed by atoms with E-state index in [2.05, 4.69) is 4.98 Å². The summed E-state index contributed by atoms with van der Waals surface area (Å²) in [5.74, 6) is -3.09. The van der Waals surface area contributed by atoms with E-state index < -0.39 is 32.3 Å². The van der Waals surface area contributed by atoms with E-state index in [1.54, 1.807) is 25.1 Å². The van der Waals surface area contributed by atoms with Crippen molar-refractivity contribution in [1.29, 1.82) is 0 Å². The van der Waals surface area contributed by atoms with Crippen LogP contribution < -0.4 is 0 Å². The number of aromatic nitrogens is 1. The number of hydrogen-bond acceptors (Lipinski definition) is 5. The summed E-state index contributed by atoms with van der Waals surface area (Å²) in [6, 6.07) is 6.79. The van der Waals surface area contributed by atoms with Crippen LogP contribution in [0.3, 0.4) is 0 Å². The number of carbonyl (C=O) groups excluding carboxylic acids is 1. The average molecular weight is 365 g/mol. The van der Waals surface area contributed by atoms with Gasteiger partial charge in [0.15, 0.2) is 9.84 Å². The van der Waals surface area contributed by atoms with Crippen LogP contribution in [0.25, 0.3) is 11.1 Å². The lowest BCUT2D eigenvalue weighted by molar-refractivity contribution is -0.133. The van der Waals surface area contributed by atoms with E-state index >= 15 is 0 Å². The zero-order valence-corrected chi connectivity index (χ0v) is 14.2. The first-order chi connectivity index (χ1) is 11.7. The monoisotopic (exact) mass is 365 g/mol. The molecule has 1 aliphatic heterocycles. The summed E-state index contributed by atoms with van der Waals surface area (Å²) in [6.45, 7) is 1.56. The number of sulfone groups is 1. The van der Waals surface area contributed by atoms with E-state index in [0.717, 1.165) is 18.4 Å². The van der Waals surface area contributed by atoms with Crippen molar-refractivity contribution in [2.24, 2.45) is 0 Å². The fourth-order valence-electron chi connectivity index (χ4n) is 2.66. The van der Waals surface area contributed by atoms with Crippen LogP contribution in [0.2, 0.25) is 0 Å². The first-order valence-electron chi connectivity index (χ1n) is 7.22. The van der Waals surface area contributed by atoms with E-state index in [-0.39, 0.29) is 23.3 Å². The molecular weight excluding hydrogens is 352 g/mol. The highest BCUT2D eigenvalue weighted by Gasteiger charge is 2.30. The third-order valence-corrected chi connectivity index (χ3v) is 4.85. The Morgan fingerprint density at radius 3 is 2.36 bits per heavy atom. The smallest absolute Gasteiger partial charge is 0.341 e. The van der Waals surface area contributed by atoms with Gasteiger partial charge in [-0.2, -0.15) is 0 Å². The number of aryl methyl sites for hydroxylation is 1. The molecule has 2 aromatic rings. The number of carbonyl (C=O) groups is 1. The van der Waals surface area contributed by atoms with Crippen LogP contribution in [0.1, 0.15) is 17.0 Å². The maximum Gasteiger partial charge on any atom is 0.341 e. The lowest BCUT2D eigenvalue weighted by Crippen LogP contribution is -2.06. The predicted molar refractivity (Wildman–Crippen MR) is 86.2 cm³/mol.